The number of benzene rings is 1. The van der Waals surface area contributed by atoms with Gasteiger partial charge in [0.1, 0.15) is 0 Å². The average Bonchev–Trinajstić information content (AvgIpc) is 3.25. The number of anilines is 1. The van der Waals surface area contributed by atoms with E-state index in [1.807, 2.05) is 24.4 Å². The summed E-state index contributed by atoms with van der Waals surface area (Å²) in [5, 5.41) is 11.7. The van der Waals surface area contributed by atoms with Crippen LogP contribution < -0.4 is 16.0 Å². The van der Waals surface area contributed by atoms with Crippen LogP contribution in [0.15, 0.2) is 36.7 Å². The molecule has 2 aliphatic rings. The maximum atomic E-state index is 12.6. The second-order valence-corrected chi connectivity index (χ2v) is 9.30. The lowest BCUT2D eigenvalue weighted by atomic mass is 9.90. The highest BCUT2D eigenvalue weighted by Crippen LogP contribution is 2.32. The molecule has 3 heterocycles. The number of amides is 1. The number of piperidine rings is 1. The summed E-state index contributed by atoms with van der Waals surface area (Å²) in [4.78, 5) is 25.1. The topological polar surface area (TPSA) is 94.7 Å². The van der Waals surface area contributed by atoms with Gasteiger partial charge < -0.3 is 20.9 Å². The summed E-state index contributed by atoms with van der Waals surface area (Å²) in [5.74, 6) is 0.853. The number of aromatic nitrogens is 3. The van der Waals surface area contributed by atoms with E-state index in [4.69, 9.17) is 16.6 Å². The van der Waals surface area contributed by atoms with Gasteiger partial charge in [-0.1, -0.05) is 29.8 Å². The number of H-pyrrole nitrogens is 1. The summed E-state index contributed by atoms with van der Waals surface area (Å²) in [5.41, 5.74) is 2.73. The first-order valence-electron chi connectivity index (χ1n) is 11.5. The van der Waals surface area contributed by atoms with Crippen molar-refractivity contribution in [3.8, 4) is 11.3 Å². The third kappa shape index (κ3) is 4.59. The van der Waals surface area contributed by atoms with Gasteiger partial charge in [-0.05, 0) is 51.1 Å². The van der Waals surface area contributed by atoms with Gasteiger partial charge in [0.05, 0.1) is 22.8 Å². The second-order valence-electron chi connectivity index (χ2n) is 8.89. The molecule has 1 aliphatic carbocycles. The Morgan fingerprint density at radius 1 is 1.12 bits per heavy atom. The third-order valence-corrected chi connectivity index (χ3v) is 6.89. The highest BCUT2D eigenvalue weighted by atomic mass is 35.5. The Labute approximate surface area is 192 Å². The lowest BCUT2D eigenvalue weighted by Gasteiger charge is -2.32. The first-order valence-corrected chi connectivity index (χ1v) is 11.9. The molecule has 2 unspecified atom stereocenters. The Bertz CT molecular complexity index is 1090. The smallest absolute Gasteiger partial charge is 0.224 e. The zero-order valence-corrected chi connectivity index (χ0v) is 18.8. The molecule has 0 radical (unpaired) electrons. The molecular formula is C24H29ClN6O. The quantitative estimate of drug-likeness (QED) is 0.467. The van der Waals surface area contributed by atoms with Gasteiger partial charge in [0.2, 0.25) is 11.9 Å². The van der Waals surface area contributed by atoms with Crippen LogP contribution in [0.1, 0.15) is 38.5 Å². The van der Waals surface area contributed by atoms with Crippen molar-refractivity contribution >= 4 is 34.4 Å². The fraction of sp³-hybridized carbons (Fsp3) is 0.458. The number of carbonyl (C=O) groups is 1. The zero-order valence-electron chi connectivity index (χ0n) is 18.0. The number of para-hydroxylation sites is 1. The van der Waals surface area contributed by atoms with Gasteiger partial charge in [-0.25, -0.2) is 9.97 Å². The van der Waals surface area contributed by atoms with Gasteiger partial charge in [-0.15, -0.1) is 0 Å². The van der Waals surface area contributed by atoms with E-state index < -0.39 is 0 Å². The predicted octanol–water partition coefficient (Wildman–Crippen LogP) is 4.12. The molecule has 2 aromatic heterocycles. The van der Waals surface area contributed by atoms with Crippen molar-refractivity contribution in [2.75, 3.05) is 18.4 Å². The number of halogens is 1. The second kappa shape index (κ2) is 9.46. The van der Waals surface area contributed by atoms with Crippen molar-refractivity contribution in [1.29, 1.82) is 0 Å². The molecule has 2 fully saturated rings. The summed E-state index contributed by atoms with van der Waals surface area (Å²) >= 11 is 6.47. The van der Waals surface area contributed by atoms with Crippen LogP contribution in [0.2, 0.25) is 5.02 Å². The highest BCUT2D eigenvalue weighted by Gasteiger charge is 2.27. The normalized spacial score (nSPS) is 23.7. The molecule has 3 aromatic rings. The Kier molecular flexibility index (Phi) is 6.28. The van der Waals surface area contributed by atoms with Crippen molar-refractivity contribution in [3.05, 3.63) is 41.7 Å². The number of aromatic amines is 1. The van der Waals surface area contributed by atoms with Crippen molar-refractivity contribution < 1.29 is 4.79 Å². The summed E-state index contributed by atoms with van der Waals surface area (Å²) in [6.45, 7) is 1.80. The Morgan fingerprint density at radius 3 is 2.88 bits per heavy atom. The molecule has 0 bridgehead atoms. The van der Waals surface area contributed by atoms with Crippen LogP contribution in [-0.2, 0) is 4.79 Å². The molecule has 1 saturated heterocycles. The van der Waals surface area contributed by atoms with Crippen LogP contribution in [0.5, 0.6) is 0 Å². The van der Waals surface area contributed by atoms with Crippen molar-refractivity contribution in [1.82, 2.24) is 25.6 Å². The molecule has 1 aromatic carbocycles. The van der Waals surface area contributed by atoms with E-state index in [-0.39, 0.29) is 23.9 Å². The van der Waals surface area contributed by atoms with Gasteiger partial charge in [-0.2, -0.15) is 0 Å². The number of nitrogens with one attached hydrogen (secondary N) is 4. The standard InChI is InChI=1S/C24H29ClN6O/c25-20-14-28-24(31-22(20)19-13-27-21-9-2-1-8-18(19)21)30-17-7-3-6-16(11-17)29-23(32)15-5-4-10-26-12-15/h1-2,8-9,13-17,26-27H,3-7,10-12H2,(H,29,32)(H,28,30,31)/t15?,16?,17-/m1/s1. The van der Waals surface area contributed by atoms with Crippen molar-refractivity contribution in [2.24, 2.45) is 5.92 Å². The van der Waals surface area contributed by atoms with E-state index in [1.165, 1.54) is 0 Å². The van der Waals surface area contributed by atoms with Crippen LogP contribution in [0.4, 0.5) is 5.95 Å². The monoisotopic (exact) mass is 452 g/mol. The molecule has 8 heteroatoms. The fourth-order valence-electron chi connectivity index (χ4n) is 4.92. The summed E-state index contributed by atoms with van der Waals surface area (Å²) in [7, 11) is 0. The van der Waals surface area contributed by atoms with Gasteiger partial charge in [0.25, 0.3) is 0 Å². The molecule has 7 nitrogen and oxygen atoms in total. The molecule has 3 atom stereocenters. The molecular weight excluding hydrogens is 424 g/mol. The number of hydrogen-bond acceptors (Lipinski definition) is 5. The van der Waals surface area contributed by atoms with Crippen LogP contribution in [0, 0.1) is 5.92 Å². The van der Waals surface area contributed by atoms with E-state index in [2.05, 4.69) is 32.0 Å². The van der Waals surface area contributed by atoms with Gasteiger partial charge in [-0.3, -0.25) is 4.79 Å². The molecule has 5 rings (SSSR count). The van der Waals surface area contributed by atoms with Gasteiger partial charge in [0, 0.05) is 41.3 Å². The molecule has 168 valence electrons. The van der Waals surface area contributed by atoms with Crippen molar-refractivity contribution in [3.63, 3.8) is 0 Å². The number of nitrogens with zero attached hydrogens (tertiary/aromatic N) is 2. The summed E-state index contributed by atoms with van der Waals surface area (Å²) in [6.07, 6.45) is 9.63. The number of rotatable bonds is 5. The number of fused-ring (bicyclic) bond motifs is 1. The minimum absolute atomic E-state index is 0.0930. The minimum atomic E-state index is 0.0930. The van der Waals surface area contributed by atoms with Crippen molar-refractivity contribution in [2.45, 2.75) is 50.6 Å². The summed E-state index contributed by atoms with van der Waals surface area (Å²) < 4.78 is 0. The lowest BCUT2D eigenvalue weighted by Crippen LogP contribution is -2.47. The molecule has 1 aliphatic heterocycles. The first kappa shape index (κ1) is 21.2. The van der Waals surface area contributed by atoms with Crippen LogP contribution in [0.3, 0.4) is 0 Å². The van der Waals surface area contributed by atoms with Crippen LogP contribution in [-0.4, -0.2) is 46.0 Å². The number of hydrogen-bond donors (Lipinski definition) is 4. The maximum absolute atomic E-state index is 12.6. The highest BCUT2D eigenvalue weighted by molar-refractivity contribution is 6.33. The SMILES string of the molecule is O=C(NC1CCC[C@@H](Nc2ncc(Cl)c(-c3c[nH]c4ccccc34)n2)C1)C1CCCNC1. The van der Waals surface area contributed by atoms with Gasteiger partial charge >= 0.3 is 0 Å². The molecule has 32 heavy (non-hydrogen) atoms. The predicted molar refractivity (Wildman–Crippen MR) is 128 cm³/mol. The molecule has 4 N–H and O–H groups in total. The van der Waals surface area contributed by atoms with E-state index in [1.54, 1.807) is 6.20 Å². The van der Waals surface area contributed by atoms with Gasteiger partial charge in [0.15, 0.2) is 0 Å². The average molecular weight is 453 g/mol. The van der Waals surface area contributed by atoms with E-state index in [0.29, 0.717) is 16.7 Å². The summed E-state index contributed by atoms with van der Waals surface area (Å²) in [6, 6.07) is 8.51. The third-order valence-electron chi connectivity index (χ3n) is 6.61. The first-order chi connectivity index (χ1) is 15.7. The maximum Gasteiger partial charge on any atom is 0.224 e. The molecule has 1 amide bonds. The zero-order chi connectivity index (χ0) is 21.9. The molecule has 1 saturated carbocycles. The van der Waals surface area contributed by atoms with E-state index >= 15 is 0 Å². The number of carbonyl (C=O) groups excluding carboxylic acids is 1. The minimum Gasteiger partial charge on any atom is -0.360 e. The lowest BCUT2D eigenvalue weighted by molar-refractivity contribution is -0.126. The Morgan fingerprint density at radius 2 is 2.00 bits per heavy atom. The molecule has 0 spiro atoms. The van der Waals surface area contributed by atoms with Crippen LogP contribution >= 0.6 is 11.6 Å². The largest absolute Gasteiger partial charge is 0.360 e. The van der Waals surface area contributed by atoms with Crippen LogP contribution in [0.25, 0.3) is 22.2 Å². The Balaban J connectivity index is 1.27. The van der Waals surface area contributed by atoms with E-state index in [0.717, 1.165) is 68.1 Å². The fourth-order valence-corrected chi connectivity index (χ4v) is 5.12. The van der Waals surface area contributed by atoms with E-state index in [9.17, 15) is 4.79 Å². The Hall–Kier alpha value is -2.64.